The van der Waals surface area contributed by atoms with Crippen LogP contribution < -0.4 is 4.90 Å². The fourth-order valence-corrected chi connectivity index (χ4v) is 3.02. The molecule has 1 saturated heterocycles. The first-order valence-electron chi connectivity index (χ1n) is 8.66. The SMILES string of the molecule is CC(C)c1nccc(N2CCN(Cc3cccnc3C(F)(F)F)CC2)n1. The number of alkyl halides is 3. The predicted molar refractivity (Wildman–Crippen MR) is 92.9 cm³/mol. The molecule has 0 saturated carbocycles. The Bertz CT molecular complexity index is 740. The van der Waals surface area contributed by atoms with Crippen molar-refractivity contribution in [1.29, 1.82) is 0 Å². The zero-order chi connectivity index (χ0) is 18.7. The van der Waals surface area contributed by atoms with Crippen molar-refractivity contribution in [2.24, 2.45) is 0 Å². The molecule has 8 heteroatoms. The molecule has 1 aliphatic rings. The van der Waals surface area contributed by atoms with E-state index in [2.05, 4.69) is 19.9 Å². The van der Waals surface area contributed by atoms with E-state index in [4.69, 9.17) is 0 Å². The summed E-state index contributed by atoms with van der Waals surface area (Å²) in [6.07, 6.45) is -1.48. The summed E-state index contributed by atoms with van der Waals surface area (Å²) in [7, 11) is 0. The van der Waals surface area contributed by atoms with Crippen molar-refractivity contribution in [3.8, 4) is 0 Å². The highest BCUT2D eigenvalue weighted by Gasteiger charge is 2.35. The maximum atomic E-state index is 13.1. The Kier molecular flexibility index (Phi) is 5.41. The second kappa shape index (κ2) is 7.57. The molecule has 3 heterocycles. The highest BCUT2D eigenvalue weighted by atomic mass is 19.4. The summed E-state index contributed by atoms with van der Waals surface area (Å²) < 4.78 is 39.3. The van der Waals surface area contributed by atoms with Gasteiger partial charge in [0.05, 0.1) is 0 Å². The molecule has 2 aromatic heterocycles. The third-order valence-corrected chi connectivity index (χ3v) is 4.43. The van der Waals surface area contributed by atoms with Crippen molar-refractivity contribution < 1.29 is 13.2 Å². The highest BCUT2D eigenvalue weighted by molar-refractivity contribution is 5.38. The molecule has 0 unspecified atom stereocenters. The minimum Gasteiger partial charge on any atom is -0.354 e. The minimum atomic E-state index is -4.42. The molecule has 0 amide bonds. The molecule has 2 aromatic rings. The number of hydrogen-bond donors (Lipinski definition) is 0. The molecule has 0 atom stereocenters. The summed E-state index contributed by atoms with van der Waals surface area (Å²) in [6, 6.07) is 4.93. The summed E-state index contributed by atoms with van der Waals surface area (Å²) in [6.45, 7) is 7.12. The molecular formula is C18H22F3N5. The summed E-state index contributed by atoms with van der Waals surface area (Å²) in [5.74, 6) is 1.93. The molecule has 3 rings (SSSR count). The van der Waals surface area contributed by atoms with Gasteiger partial charge in [0.25, 0.3) is 0 Å². The number of piperazine rings is 1. The standard InChI is InChI=1S/C18H22F3N5/c1-13(2)17-23-7-5-15(24-17)26-10-8-25(9-11-26)12-14-4-3-6-22-16(14)18(19,20)21/h3-7,13H,8-12H2,1-2H3. The number of anilines is 1. The molecule has 0 bridgehead atoms. The Morgan fingerprint density at radius 1 is 1.04 bits per heavy atom. The van der Waals surface area contributed by atoms with Crippen LogP contribution in [0, 0.1) is 0 Å². The largest absolute Gasteiger partial charge is 0.433 e. The Morgan fingerprint density at radius 3 is 2.42 bits per heavy atom. The zero-order valence-corrected chi connectivity index (χ0v) is 14.9. The monoisotopic (exact) mass is 365 g/mol. The van der Waals surface area contributed by atoms with Crippen molar-refractivity contribution in [2.75, 3.05) is 31.1 Å². The quantitative estimate of drug-likeness (QED) is 0.832. The van der Waals surface area contributed by atoms with Gasteiger partial charge in [0.2, 0.25) is 0 Å². The van der Waals surface area contributed by atoms with E-state index in [1.165, 1.54) is 12.3 Å². The summed E-state index contributed by atoms with van der Waals surface area (Å²) in [5.41, 5.74) is -0.572. The Hall–Kier alpha value is -2.22. The molecule has 0 aliphatic carbocycles. The normalized spacial score (nSPS) is 16.3. The predicted octanol–water partition coefficient (Wildman–Crippen LogP) is 3.34. The van der Waals surface area contributed by atoms with E-state index in [0.717, 1.165) is 24.7 Å². The van der Waals surface area contributed by atoms with Crippen LogP contribution in [0.5, 0.6) is 0 Å². The van der Waals surface area contributed by atoms with Crippen LogP contribution >= 0.6 is 0 Å². The molecule has 0 spiro atoms. The number of nitrogens with zero attached hydrogens (tertiary/aromatic N) is 5. The topological polar surface area (TPSA) is 45.2 Å². The number of pyridine rings is 1. The van der Waals surface area contributed by atoms with Gasteiger partial charge in [-0.3, -0.25) is 9.88 Å². The molecule has 1 aliphatic heterocycles. The van der Waals surface area contributed by atoms with Gasteiger partial charge >= 0.3 is 6.18 Å². The Labute approximate surface area is 150 Å². The van der Waals surface area contributed by atoms with Gasteiger partial charge in [0, 0.05) is 51.0 Å². The van der Waals surface area contributed by atoms with Gasteiger partial charge in [-0.25, -0.2) is 9.97 Å². The lowest BCUT2D eigenvalue weighted by molar-refractivity contribution is -0.142. The van der Waals surface area contributed by atoms with Gasteiger partial charge in [0.15, 0.2) is 0 Å². The van der Waals surface area contributed by atoms with E-state index in [1.54, 1.807) is 12.3 Å². The van der Waals surface area contributed by atoms with Crippen LogP contribution in [0.1, 0.15) is 36.8 Å². The van der Waals surface area contributed by atoms with E-state index >= 15 is 0 Å². The van der Waals surface area contributed by atoms with E-state index in [0.29, 0.717) is 13.1 Å². The van der Waals surface area contributed by atoms with E-state index in [9.17, 15) is 13.2 Å². The van der Waals surface area contributed by atoms with Crippen LogP contribution in [-0.4, -0.2) is 46.0 Å². The van der Waals surface area contributed by atoms with Crippen LogP contribution in [0.3, 0.4) is 0 Å². The lowest BCUT2D eigenvalue weighted by Gasteiger charge is -2.35. The molecule has 26 heavy (non-hydrogen) atoms. The minimum absolute atomic E-state index is 0.220. The zero-order valence-electron chi connectivity index (χ0n) is 14.9. The first-order chi connectivity index (χ1) is 12.3. The van der Waals surface area contributed by atoms with Gasteiger partial charge < -0.3 is 4.90 Å². The lowest BCUT2D eigenvalue weighted by atomic mass is 10.1. The second-order valence-electron chi connectivity index (χ2n) is 6.70. The Morgan fingerprint density at radius 2 is 1.77 bits per heavy atom. The van der Waals surface area contributed by atoms with Crippen LogP contribution in [-0.2, 0) is 12.7 Å². The fourth-order valence-electron chi connectivity index (χ4n) is 3.02. The number of halogens is 3. The first-order valence-corrected chi connectivity index (χ1v) is 8.66. The van der Waals surface area contributed by atoms with Crippen LogP contribution in [0.2, 0.25) is 0 Å². The van der Waals surface area contributed by atoms with Gasteiger partial charge in [-0.1, -0.05) is 19.9 Å². The second-order valence-corrected chi connectivity index (χ2v) is 6.70. The van der Waals surface area contributed by atoms with Crippen LogP contribution in [0.15, 0.2) is 30.6 Å². The summed E-state index contributed by atoms with van der Waals surface area (Å²) in [5, 5.41) is 0. The third kappa shape index (κ3) is 4.30. The van der Waals surface area contributed by atoms with E-state index < -0.39 is 11.9 Å². The fraction of sp³-hybridized carbons (Fsp3) is 0.500. The van der Waals surface area contributed by atoms with Crippen LogP contribution in [0.4, 0.5) is 19.0 Å². The molecule has 0 radical (unpaired) electrons. The molecule has 0 N–H and O–H groups in total. The van der Waals surface area contributed by atoms with Gasteiger partial charge in [-0.15, -0.1) is 0 Å². The van der Waals surface area contributed by atoms with E-state index in [1.807, 2.05) is 24.8 Å². The van der Waals surface area contributed by atoms with Crippen molar-refractivity contribution in [3.63, 3.8) is 0 Å². The maximum Gasteiger partial charge on any atom is 0.433 e. The molecule has 140 valence electrons. The van der Waals surface area contributed by atoms with Gasteiger partial charge in [-0.05, 0) is 17.7 Å². The van der Waals surface area contributed by atoms with Crippen molar-refractivity contribution in [2.45, 2.75) is 32.5 Å². The molecule has 1 fully saturated rings. The average Bonchev–Trinajstić information content (AvgIpc) is 2.62. The van der Waals surface area contributed by atoms with Crippen molar-refractivity contribution >= 4 is 5.82 Å². The molecule has 0 aromatic carbocycles. The summed E-state index contributed by atoms with van der Waals surface area (Å²) >= 11 is 0. The lowest BCUT2D eigenvalue weighted by Crippen LogP contribution is -2.46. The smallest absolute Gasteiger partial charge is 0.354 e. The van der Waals surface area contributed by atoms with Gasteiger partial charge in [-0.2, -0.15) is 13.2 Å². The van der Waals surface area contributed by atoms with Crippen molar-refractivity contribution in [1.82, 2.24) is 19.9 Å². The number of rotatable bonds is 4. The molecular weight excluding hydrogens is 343 g/mol. The van der Waals surface area contributed by atoms with Crippen LogP contribution in [0.25, 0.3) is 0 Å². The first kappa shape index (κ1) is 18.6. The highest BCUT2D eigenvalue weighted by Crippen LogP contribution is 2.30. The third-order valence-electron chi connectivity index (χ3n) is 4.43. The van der Waals surface area contributed by atoms with E-state index in [-0.39, 0.29) is 18.0 Å². The maximum absolute atomic E-state index is 13.1. The Balaban J connectivity index is 1.64. The number of aromatic nitrogens is 3. The van der Waals surface area contributed by atoms with Gasteiger partial charge in [0.1, 0.15) is 17.3 Å². The molecule has 5 nitrogen and oxygen atoms in total. The van der Waals surface area contributed by atoms with Crippen molar-refractivity contribution in [3.05, 3.63) is 47.7 Å². The average molecular weight is 365 g/mol. The summed E-state index contributed by atoms with van der Waals surface area (Å²) in [4.78, 5) is 16.6. The number of hydrogen-bond acceptors (Lipinski definition) is 5.